The van der Waals surface area contributed by atoms with Gasteiger partial charge in [-0.05, 0) is 43.0 Å². The highest BCUT2D eigenvalue weighted by molar-refractivity contribution is 5.82. The number of halogens is 1. The molecule has 1 aliphatic heterocycles. The minimum atomic E-state index is -0.801. The van der Waals surface area contributed by atoms with Crippen molar-refractivity contribution in [3.8, 4) is 5.75 Å². The minimum Gasteiger partial charge on any atom is -0.484 e. The van der Waals surface area contributed by atoms with E-state index in [-0.39, 0.29) is 30.8 Å². The molecule has 118 valence electrons. The molecule has 22 heavy (non-hydrogen) atoms. The Hall–Kier alpha value is -2.11. The number of hydrogen-bond donors (Lipinski definition) is 1. The van der Waals surface area contributed by atoms with Gasteiger partial charge in [0, 0.05) is 13.1 Å². The van der Waals surface area contributed by atoms with Crippen LogP contribution in [0.5, 0.6) is 5.75 Å². The van der Waals surface area contributed by atoms with Crippen molar-refractivity contribution in [2.75, 3.05) is 19.7 Å². The maximum Gasteiger partial charge on any atom is 0.311 e. The Morgan fingerprint density at radius 2 is 2.09 bits per heavy atom. The second-order valence-corrected chi connectivity index (χ2v) is 6.07. The maximum atomic E-state index is 12.8. The Kier molecular flexibility index (Phi) is 3.76. The van der Waals surface area contributed by atoms with Crippen LogP contribution in [-0.2, 0) is 9.59 Å². The van der Waals surface area contributed by atoms with Crippen LogP contribution in [0.15, 0.2) is 24.3 Å². The zero-order valence-corrected chi connectivity index (χ0v) is 12.1. The standard InChI is InChI=1S/C16H18FNO4/c17-12-3-5-13(6-4-12)22-9-14(19)18-8-11-2-1-7-16(11,10-18)15(20)21/h3-6,11H,1-2,7-10H2,(H,20,21)/t11-,16+/m0/s1. The molecule has 3 rings (SSSR count). The third kappa shape index (κ3) is 2.53. The third-order valence-corrected chi connectivity index (χ3v) is 4.83. The van der Waals surface area contributed by atoms with E-state index in [1.54, 1.807) is 4.90 Å². The highest BCUT2D eigenvalue weighted by Crippen LogP contribution is 2.48. The quantitative estimate of drug-likeness (QED) is 0.923. The zero-order valence-electron chi connectivity index (χ0n) is 12.1. The summed E-state index contributed by atoms with van der Waals surface area (Å²) in [5, 5.41) is 9.50. The van der Waals surface area contributed by atoms with E-state index in [4.69, 9.17) is 4.74 Å². The molecule has 1 N–H and O–H groups in total. The van der Waals surface area contributed by atoms with E-state index in [9.17, 15) is 19.1 Å². The Balaban J connectivity index is 1.60. The number of amides is 1. The molecule has 0 unspecified atom stereocenters. The summed E-state index contributed by atoms with van der Waals surface area (Å²) >= 11 is 0. The van der Waals surface area contributed by atoms with E-state index < -0.39 is 11.4 Å². The fraction of sp³-hybridized carbons (Fsp3) is 0.500. The topological polar surface area (TPSA) is 66.8 Å². The second kappa shape index (κ2) is 5.59. The molecule has 2 aliphatic rings. The second-order valence-electron chi connectivity index (χ2n) is 6.07. The van der Waals surface area contributed by atoms with Crippen LogP contribution in [0.4, 0.5) is 4.39 Å². The lowest BCUT2D eigenvalue weighted by atomic mass is 9.81. The van der Waals surface area contributed by atoms with Crippen LogP contribution in [0.3, 0.4) is 0 Å². The van der Waals surface area contributed by atoms with Crippen LogP contribution in [0.25, 0.3) is 0 Å². The predicted molar refractivity (Wildman–Crippen MR) is 75.9 cm³/mol. The van der Waals surface area contributed by atoms with Crippen molar-refractivity contribution in [3.63, 3.8) is 0 Å². The summed E-state index contributed by atoms with van der Waals surface area (Å²) in [7, 11) is 0. The van der Waals surface area contributed by atoms with Crippen LogP contribution in [0.1, 0.15) is 19.3 Å². The Bertz CT molecular complexity index is 588. The molecule has 0 bridgehead atoms. The molecule has 1 amide bonds. The van der Waals surface area contributed by atoms with E-state index >= 15 is 0 Å². The summed E-state index contributed by atoms with van der Waals surface area (Å²) < 4.78 is 18.1. The first-order valence-electron chi connectivity index (χ1n) is 7.41. The van der Waals surface area contributed by atoms with Gasteiger partial charge < -0.3 is 14.7 Å². The molecular weight excluding hydrogens is 289 g/mol. The Morgan fingerprint density at radius 3 is 2.73 bits per heavy atom. The smallest absolute Gasteiger partial charge is 0.311 e. The molecule has 0 aromatic heterocycles. The monoisotopic (exact) mass is 307 g/mol. The van der Waals surface area contributed by atoms with E-state index in [0.29, 0.717) is 18.7 Å². The van der Waals surface area contributed by atoms with E-state index in [0.717, 1.165) is 12.8 Å². The lowest BCUT2D eigenvalue weighted by Crippen LogP contribution is -2.38. The van der Waals surface area contributed by atoms with Crippen molar-refractivity contribution in [2.24, 2.45) is 11.3 Å². The molecule has 6 heteroatoms. The van der Waals surface area contributed by atoms with Crippen LogP contribution < -0.4 is 4.74 Å². The van der Waals surface area contributed by atoms with Crippen LogP contribution in [0.2, 0.25) is 0 Å². The van der Waals surface area contributed by atoms with Crippen molar-refractivity contribution in [1.29, 1.82) is 0 Å². The van der Waals surface area contributed by atoms with E-state index in [2.05, 4.69) is 0 Å². The Morgan fingerprint density at radius 1 is 1.36 bits per heavy atom. The maximum absolute atomic E-state index is 12.8. The fourth-order valence-electron chi connectivity index (χ4n) is 3.60. The summed E-state index contributed by atoms with van der Waals surface area (Å²) in [6.07, 6.45) is 2.40. The van der Waals surface area contributed by atoms with Gasteiger partial charge in [0.05, 0.1) is 5.41 Å². The number of likely N-dealkylation sites (tertiary alicyclic amines) is 1. The van der Waals surface area contributed by atoms with Crippen molar-refractivity contribution in [1.82, 2.24) is 4.90 Å². The van der Waals surface area contributed by atoms with Gasteiger partial charge in [0.15, 0.2) is 6.61 Å². The molecule has 1 saturated carbocycles. The third-order valence-electron chi connectivity index (χ3n) is 4.83. The number of ether oxygens (including phenoxy) is 1. The molecule has 1 saturated heterocycles. The number of nitrogens with zero attached hydrogens (tertiary/aromatic N) is 1. The highest BCUT2D eigenvalue weighted by Gasteiger charge is 2.55. The van der Waals surface area contributed by atoms with Crippen molar-refractivity contribution in [3.05, 3.63) is 30.1 Å². The molecule has 0 radical (unpaired) electrons. The summed E-state index contributed by atoms with van der Waals surface area (Å²) in [6, 6.07) is 5.44. The number of benzene rings is 1. The average molecular weight is 307 g/mol. The largest absolute Gasteiger partial charge is 0.484 e. The number of hydrogen-bond acceptors (Lipinski definition) is 3. The molecule has 1 aliphatic carbocycles. The first-order valence-corrected chi connectivity index (χ1v) is 7.41. The van der Waals surface area contributed by atoms with Gasteiger partial charge in [-0.25, -0.2) is 4.39 Å². The van der Waals surface area contributed by atoms with Gasteiger partial charge in [-0.2, -0.15) is 0 Å². The number of aliphatic carboxylic acids is 1. The van der Waals surface area contributed by atoms with Gasteiger partial charge >= 0.3 is 5.97 Å². The fourth-order valence-corrected chi connectivity index (χ4v) is 3.60. The molecule has 1 heterocycles. The molecule has 1 aromatic rings. The molecule has 1 aromatic carbocycles. The normalized spacial score (nSPS) is 26.8. The van der Waals surface area contributed by atoms with Crippen molar-refractivity contribution >= 4 is 11.9 Å². The molecule has 0 spiro atoms. The van der Waals surface area contributed by atoms with Gasteiger partial charge in [0.2, 0.25) is 0 Å². The van der Waals surface area contributed by atoms with Gasteiger partial charge in [0.25, 0.3) is 5.91 Å². The lowest BCUT2D eigenvalue weighted by molar-refractivity contribution is -0.149. The molecule has 5 nitrogen and oxygen atoms in total. The number of carboxylic acid groups (broad SMARTS) is 1. The van der Waals surface area contributed by atoms with Gasteiger partial charge in [-0.3, -0.25) is 9.59 Å². The first-order chi connectivity index (χ1) is 10.5. The Labute approximate surface area is 127 Å². The molecule has 2 fully saturated rings. The number of carboxylic acids is 1. The van der Waals surface area contributed by atoms with Gasteiger partial charge in [-0.15, -0.1) is 0 Å². The van der Waals surface area contributed by atoms with Gasteiger partial charge in [-0.1, -0.05) is 6.42 Å². The highest BCUT2D eigenvalue weighted by atomic mass is 19.1. The van der Waals surface area contributed by atoms with Crippen molar-refractivity contribution < 1.29 is 23.8 Å². The first kappa shape index (κ1) is 14.8. The number of carbonyl (C=O) groups is 2. The minimum absolute atomic E-state index is 0.0415. The summed E-state index contributed by atoms with van der Waals surface area (Å²) in [5.41, 5.74) is -0.772. The summed E-state index contributed by atoms with van der Waals surface area (Å²) in [4.78, 5) is 25.4. The van der Waals surface area contributed by atoms with Crippen molar-refractivity contribution in [2.45, 2.75) is 19.3 Å². The van der Waals surface area contributed by atoms with Crippen LogP contribution >= 0.6 is 0 Å². The number of rotatable bonds is 4. The summed E-state index contributed by atoms with van der Waals surface area (Å²) in [6.45, 7) is 0.588. The molecular formula is C16H18FNO4. The lowest BCUT2D eigenvalue weighted by Gasteiger charge is -2.23. The van der Waals surface area contributed by atoms with Crippen LogP contribution in [0, 0.1) is 17.2 Å². The number of fused-ring (bicyclic) bond motifs is 1. The van der Waals surface area contributed by atoms with E-state index in [1.165, 1.54) is 24.3 Å². The summed E-state index contributed by atoms with van der Waals surface area (Å²) in [5.74, 6) is -0.930. The van der Waals surface area contributed by atoms with Crippen LogP contribution in [-0.4, -0.2) is 41.6 Å². The zero-order chi connectivity index (χ0) is 15.7. The SMILES string of the molecule is O=C(COc1ccc(F)cc1)N1C[C@@H]2CCC[C@@]2(C(=O)O)C1. The molecule has 2 atom stereocenters. The number of carbonyl (C=O) groups excluding carboxylic acids is 1. The predicted octanol–water partition coefficient (Wildman–Crippen LogP) is 1.92. The van der Waals surface area contributed by atoms with E-state index in [1.807, 2.05) is 0 Å². The average Bonchev–Trinajstić information content (AvgIpc) is 3.04. The van der Waals surface area contributed by atoms with Gasteiger partial charge in [0.1, 0.15) is 11.6 Å².